The number of ether oxygens (including phenoxy) is 1. The maximum atomic E-state index is 11.8. The molecule has 0 aliphatic heterocycles. The van der Waals surface area contributed by atoms with E-state index < -0.39 is 0 Å². The zero-order valence-corrected chi connectivity index (χ0v) is 11.6. The van der Waals surface area contributed by atoms with Crippen LogP contribution in [-0.2, 0) is 22.4 Å². The number of benzene rings is 2. The van der Waals surface area contributed by atoms with Crippen LogP contribution in [0, 0.1) is 0 Å². The zero-order chi connectivity index (χ0) is 14.2. The van der Waals surface area contributed by atoms with E-state index in [1.165, 1.54) is 12.7 Å². The van der Waals surface area contributed by atoms with Crippen molar-refractivity contribution in [2.45, 2.75) is 12.8 Å². The van der Waals surface area contributed by atoms with Gasteiger partial charge in [-0.15, -0.1) is 0 Å². The molecule has 0 aliphatic rings. The number of hydrogen-bond donors (Lipinski definition) is 0. The highest BCUT2D eigenvalue weighted by Gasteiger charge is 2.10. The van der Waals surface area contributed by atoms with Crippen LogP contribution in [-0.4, -0.2) is 13.1 Å². The second kappa shape index (κ2) is 7.29. The molecule has 0 fully saturated rings. The minimum Gasteiger partial charge on any atom is -0.466 e. The number of carbonyl (C=O) groups is 1. The van der Waals surface area contributed by atoms with Gasteiger partial charge in [0.2, 0.25) is 0 Å². The van der Waals surface area contributed by atoms with Gasteiger partial charge in [0.05, 0.1) is 7.11 Å². The van der Waals surface area contributed by atoms with Crippen molar-refractivity contribution in [3.05, 3.63) is 83.4 Å². The van der Waals surface area contributed by atoms with Crippen LogP contribution in [0.2, 0.25) is 0 Å². The number of carbonyl (C=O) groups excluding carboxylic acids is 1. The van der Waals surface area contributed by atoms with Gasteiger partial charge in [0.25, 0.3) is 0 Å². The molecule has 0 aromatic heterocycles. The van der Waals surface area contributed by atoms with E-state index in [-0.39, 0.29) is 5.97 Å². The standard InChI is InChI=1S/C18H18O2/c1-20-18(19)17(14-16-10-6-3-7-11-16)13-12-15-8-4-2-5-9-15/h2-11,13H,12,14H2,1H3. The summed E-state index contributed by atoms with van der Waals surface area (Å²) in [5.41, 5.74) is 2.99. The van der Waals surface area contributed by atoms with Gasteiger partial charge >= 0.3 is 5.97 Å². The molecule has 2 nitrogen and oxygen atoms in total. The van der Waals surface area contributed by atoms with Gasteiger partial charge in [-0.05, 0) is 17.5 Å². The number of hydrogen-bond acceptors (Lipinski definition) is 2. The Kier molecular flexibility index (Phi) is 5.13. The zero-order valence-electron chi connectivity index (χ0n) is 11.6. The maximum absolute atomic E-state index is 11.8. The summed E-state index contributed by atoms with van der Waals surface area (Å²) in [6, 6.07) is 20.0. The highest BCUT2D eigenvalue weighted by atomic mass is 16.5. The van der Waals surface area contributed by atoms with E-state index in [2.05, 4.69) is 0 Å². The first-order valence-corrected chi connectivity index (χ1v) is 6.65. The Morgan fingerprint density at radius 3 is 2.05 bits per heavy atom. The van der Waals surface area contributed by atoms with Crippen LogP contribution in [0.15, 0.2) is 72.3 Å². The van der Waals surface area contributed by atoms with E-state index in [9.17, 15) is 4.79 Å². The molecule has 0 bridgehead atoms. The van der Waals surface area contributed by atoms with E-state index >= 15 is 0 Å². The molecule has 0 amide bonds. The summed E-state index contributed by atoms with van der Waals surface area (Å²) in [4.78, 5) is 11.8. The molecule has 2 aromatic rings. The SMILES string of the molecule is COC(=O)C(=CCc1ccccc1)Cc1ccccc1. The molecule has 0 saturated carbocycles. The Balaban J connectivity index is 2.13. The fraction of sp³-hybridized carbons (Fsp3) is 0.167. The van der Waals surface area contributed by atoms with E-state index in [0.717, 1.165) is 12.0 Å². The fourth-order valence-electron chi connectivity index (χ4n) is 2.03. The predicted molar refractivity (Wildman–Crippen MR) is 80.4 cm³/mol. The summed E-state index contributed by atoms with van der Waals surface area (Å²) < 4.78 is 4.87. The van der Waals surface area contributed by atoms with Crippen molar-refractivity contribution in [3.63, 3.8) is 0 Å². The second-order valence-corrected chi connectivity index (χ2v) is 4.57. The number of esters is 1. The van der Waals surface area contributed by atoms with Crippen molar-refractivity contribution in [1.29, 1.82) is 0 Å². The largest absolute Gasteiger partial charge is 0.466 e. The summed E-state index contributed by atoms with van der Waals surface area (Å²) in [5, 5.41) is 0. The Bertz CT molecular complexity index is 571. The fourth-order valence-corrected chi connectivity index (χ4v) is 2.03. The predicted octanol–water partition coefficient (Wildman–Crippen LogP) is 3.57. The number of allylic oxidation sites excluding steroid dienone is 1. The van der Waals surface area contributed by atoms with Crippen LogP contribution in [0.25, 0.3) is 0 Å². The first-order valence-electron chi connectivity index (χ1n) is 6.65. The van der Waals surface area contributed by atoms with Crippen molar-refractivity contribution in [1.82, 2.24) is 0 Å². The molecule has 0 heterocycles. The van der Waals surface area contributed by atoms with E-state index in [4.69, 9.17) is 4.74 Å². The molecule has 0 N–H and O–H groups in total. The second-order valence-electron chi connectivity index (χ2n) is 4.57. The van der Waals surface area contributed by atoms with E-state index in [0.29, 0.717) is 12.0 Å². The molecule has 2 rings (SSSR count). The third-order valence-electron chi connectivity index (χ3n) is 3.11. The lowest BCUT2D eigenvalue weighted by Crippen LogP contribution is -2.08. The molecule has 0 aliphatic carbocycles. The van der Waals surface area contributed by atoms with Gasteiger partial charge in [0.15, 0.2) is 0 Å². The molecule has 0 spiro atoms. The molecule has 0 radical (unpaired) electrons. The third kappa shape index (κ3) is 4.09. The van der Waals surface area contributed by atoms with Crippen molar-refractivity contribution >= 4 is 5.97 Å². The van der Waals surface area contributed by atoms with Gasteiger partial charge in [0, 0.05) is 12.0 Å². The van der Waals surface area contributed by atoms with Crippen molar-refractivity contribution < 1.29 is 9.53 Å². The lowest BCUT2D eigenvalue weighted by atomic mass is 10.0. The van der Waals surface area contributed by atoms with E-state index in [1.807, 2.05) is 66.7 Å². The van der Waals surface area contributed by atoms with Gasteiger partial charge in [-0.3, -0.25) is 0 Å². The average molecular weight is 266 g/mol. The quantitative estimate of drug-likeness (QED) is 0.611. The van der Waals surface area contributed by atoms with Crippen LogP contribution in [0.4, 0.5) is 0 Å². The summed E-state index contributed by atoms with van der Waals surface area (Å²) in [7, 11) is 1.42. The number of methoxy groups -OCH3 is 1. The summed E-state index contributed by atoms with van der Waals surface area (Å²) in [5.74, 6) is -0.259. The van der Waals surface area contributed by atoms with Crippen molar-refractivity contribution in [2.24, 2.45) is 0 Å². The highest BCUT2D eigenvalue weighted by molar-refractivity contribution is 5.88. The first-order chi connectivity index (χ1) is 9.79. The van der Waals surface area contributed by atoms with Gasteiger partial charge < -0.3 is 4.74 Å². The minimum absolute atomic E-state index is 0.259. The first kappa shape index (κ1) is 14.1. The summed E-state index contributed by atoms with van der Waals surface area (Å²) >= 11 is 0. The monoisotopic (exact) mass is 266 g/mol. The lowest BCUT2D eigenvalue weighted by molar-refractivity contribution is -0.136. The Morgan fingerprint density at radius 2 is 1.50 bits per heavy atom. The van der Waals surface area contributed by atoms with Gasteiger partial charge in [0.1, 0.15) is 0 Å². The maximum Gasteiger partial charge on any atom is 0.333 e. The van der Waals surface area contributed by atoms with Gasteiger partial charge in [-0.25, -0.2) is 4.79 Å². The van der Waals surface area contributed by atoms with Crippen molar-refractivity contribution in [3.8, 4) is 0 Å². The highest BCUT2D eigenvalue weighted by Crippen LogP contribution is 2.11. The Labute approximate surface area is 119 Å². The summed E-state index contributed by atoms with van der Waals surface area (Å²) in [6.45, 7) is 0. The van der Waals surface area contributed by atoms with Crippen LogP contribution < -0.4 is 0 Å². The average Bonchev–Trinajstić information content (AvgIpc) is 2.52. The van der Waals surface area contributed by atoms with Gasteiger partial charge in [-0.2, -0.15) is 0 Å². The molecule has 2 heteroatoms. The smallest absolute Gasteiger partial charge is 0.333 e. The molecule has 0 saturated heterocycles. The topological polar surface area (TPSA) is 26.3 Å². The normalized spacial score (nSPS) is 11.2. The van der Waals surface area contributed by atoms with E-state index in [1.54, 1.807) is 0 Å². The molecule has 20 heavy (non-hydrogen) atoms. The molecule has 0 atom stereocenters. The van der Waals surface area contributed by atoms with Crippen LogP contribution >= 0.6 is 0 Å². The molecular formula is C18H18O2. The molecule has 102 valence electrons. The van der Waals surface area contributed by atoms with Crippen LogP contribution in [0.3, 0.4) is 0 Å². The van der Waals surface area contributed by atoms with Crippen LogP contribution in [0.1, 0.15) is 11.1 Å². The summed E-state index contributed by atoms with van der Waals surface area (Å²) in [6.07, 6.45) is 3.28. The molecule has 2 aromatic carbocycles. The van der Waals surface area contributed by atoms with Crippen LogP contribution in [0.5, 0.6) is 0 Å². The molecule has 0 unspecified atom stereocenters. The Hall–Kier alpha value is -2.35. The number of rotatable bonds is 5. The van der Waals surface area contributed by atoms with Gasteiger partial charge in [-0.1, -0.05) is 66.7 Å². The van der Waals surface area contributed by atoms with Crippen molar-refractivity contribution in [2.75, 3.05) is 7.11 Å². The Morgan fingerprint density at radius 1 is 0.950 bits per heavy atom. The third-order valence-corrected chi connectivity index (χ3v) is 3.11. The molecular weight excluding hydrogens is 248 g/mol. The lowest BCUT2D eigenvalue weighted by Gasteiger charge is -2.06. The minimum atomic E-state index is -0.259.